The van der Waals surface area contributed by atoms with Gasteiger partial charge >= 0.3 is 5.97 Å². The summed E-state index contributed by atoms with van der Waals surface area (Å²) in [7, 11) is 0. The molecule has 0 spiro atoms. The average Bonchev–Trinajstić information content (AvgIpc) is 3.41. The molecule has 1 aromatic heterocycles. The molecule has 0 amide bonds. The van der Waals surface area contributed by atoms with Crippen molar-refractivity contribution in [3.05, 3.63) is 132 Å². The Bertz CT molecular complexity index is 1650. The third-order valence-electron chi connectivity index (χ3n) is 6.15. The van der Waals surface area contributed by atoms with Gasteiger partial charge in [0.05, 0.1) is 11.7 Å². The lowest BCUT2D eigenvalue weighted by molar-refractivity contribution is -0.128. The van der Waals surface area contributed by atoms with Gasteiger partial charge in [-0.2, -0.15) is 5.10 Å². The maximum absolute atomic E-state index is 13.4. The summed E-state index contributed by atoms with van der Waals surface area (Å²) in [5, 5.41) is 8.12. The number of hydrogen-bond donors (Lipinski definition) is 1. The molecule has 0 saturated carbocycles. The van der Waals surface area contributed by atoms with E-state index in [1.54, 1.807) is 24.4 Å². The van der Waals surface area contributed by atoms with Gasteiger partial charge in [-0.1, -0.05) is 49.9 Å². The molecule has 1 heterocycles. The highest BCUT2D eigenvalue weighted by molar-refractivity contribution is 6.02. The highest BCUT2D eigenvalue weighted by Gasteiger charge is 2.19. The summed E-state index contributed by atoms with van der Waals surface area (Å²) in [6.07, 6.45) is 3.61. The topological polar surface area (TPSA) is 64.2 Å². The van der Waals surface area contributed by atoms with Crippen molar-refractivity contribution >= 4 is 28.0 Å². The summed E-state index contributed by atoms with van der Waals surface area (Å²) in [6, 6.07) is 27.2. The van der Waals surface area contributed by atoms with Crippen LogP contribution in [-0.4, -0.2) is 16.2 Å². The lowest BCUT2D eigenvalue weighted by atomic mass is 9.87. The fourth-order valence-corrected chi connectivity index (χ4v) is 4.41. The Kier molecular flexibility index (Phi) is 7.13. The minimum Gasteiger partial charge on any atom is -0.457 e. The number of nitrogens with one attached hydrogen (secondary N) is 1. The molecule has 0 aliphatic heterocycles. The van der Waals surface area contributed by atoms with E-state index in [4.69, 9.17) is 9.47 Å². The Balaban J connectivity index is 1.69. The average molecular weight is 505 g/mol. The van der Waals surface area contributed by atoms with Gasteiger partial charge in [0.25, 0.3) is 0 Å². The number of benzene rings is 4. The zero-order valence-electron chi connectivity index (χ0n) is 20.8. The molecule has 5 rings (SSSR count). The molecule has 5 aromatic rings. The van der Waals surface area contributed by atoms with Gasteiger partial charge in [-0.05, 0) is 83.3 Å². The predicted octanol–water partition coefficient (Wildman–Crippen LogP) is 7.95. The normalized spacial score (nSPS) is 11.6. The molecular weight excluding hydrogens is 479 g/mol. The molecule has 188 valence electrons. The van der Waals surface area contributed by atoms with Crippen molar-refractivity contribution in [3.63, 3.8) is 0 Å². The number of ether oxygens (including phenoxy) is 2. The van der Waals surface area contributed by atoms with Crippen LogP contribution in [0.1, 0.15) is 30.0 Å². The number of halogens is 1. The number of fused-ring (bicyclic) bond motifs is 1. The van der Waals surface area contributed by atoms with Gasteiger partial charge in [-0.3, -0.25) is 5.10 Å². The van der Waals surface area contributed by atoms with E-state index in [1.165, 1.54) is 12.1 Å². The van der Waals surface area contributed by atoms with Crippen LogP contribution in [0.5, 0.6) is 17.2 Å². The van der Waals surface area contributed by atoms with E-state index in [0.29, 0.717) is 23.7 Å². The van der Waals surface area contributed by atoms with Gasteiger partial charge in [-0.15, -0.1) is 0 Å². The van der Waals surface area contributed by atoms with E-state index in [1.807, 2.05) is 54.6 Å². The Labute approximate surface area is 219 Å². The Morgan fingerprint density at radius 1 is 0.947 bits per heavy atom. The maximum atomic E-state index is 13.4. The van der Waals surface area contributed by atoms with Gasteiger partial charge in [0.1, 0.15) is 23.1 Å². The van der Waals surface area contributed by atoms with Crippen molar-refractivity contribution < 1.29 is 18.7 Å². The molecule has 0 saturated heterocycles. The number of aromatic nitrogens is 2. The Morgan fingerprint density at radius 3 is 2.55 bits per heavy atom. The molecule has 0 aliphatic rings. The smallest absolute Gasteiger partial charge is 0.335 e. The van der Waals surface area contributed by atoms with E-state index in [2.05, 4.69) is 29.8 Å². The largest absolute Gasteiger partial charge is 0.457 e. The molecule has 5 nitrogen and oxygen atoms in total. The summed E-state index contributed by atoms with van der Waals surface area (Å²) >= 11 is 0. The number of para-hydroxylation sites is 1. The molecular formula is C32H25FN2O3. The molecule has 6 heteroatoms. The standard InChI is InChI=1S/C32H25FN2O3/c1-3-27(21-8-7-9-26(19-21)37-25-15-13-24(33)14-16-25)32(22-12-17-29-23(18-22)20-34-35-29)28-10-5-6-11-30(28)38-31(36)4-2/h4-20H,2-3H2,1H3,(H,34,35)/b32-27+. The molecule has 4 aromatic carbocycles. The predicted molar refractivity (Wildman–Crippen MR) is 147 cm³/mol. The summed E-state index contributed by atoms with van der Waals surface area (Å²) in [4.78, 5) is 12.2. The van der Waals surface area contributed by atoms with Crippen molar-refractivity contribution in [3.8, 4) is 17.2 Å². The number of carbonyl (C=O) groups is 1. The van der Waals surface area contributed by atoms with Crippen molar-refractivity contribution in [2.75, 3.05) is 0 Å². The van der Waals surface area contributed by atoms with Crippen LogP contribution >= 0.6 is 0 Å². The molecule has 0 bridgehead atoms. The van der Waals surface area contributed by atoms with Crippen molar-refractivity contribution in [2.45, 2.75) is 13.3 Å². The number of hydrogen-bond acceptors (Lipinski definition) is 4. The Morgan fingerprint density at radius 2 is 1.76 bits per heavy atom. The van der Waals surface area contributed by atoms with E-state index in [9.17, 15) is 9.18 Å². The van der Waals surface area contributed by atoms with Crippen LogP contribution in [0.2, 0.25) is 0 Å². The second kappa shape index (κ2) is 11.0. The quantitative estimate of drug-likeness (QED) is 0.101. The second-order valence-electron chi connectivity index (χ2n) is 8.58. The third kappa shape index (κ3) is 5.25. The summed E-state index contributed by atoms with van der Waals surface area (Å²) in [6.45, 7) is 5.61. The lowest BCUT2D eigenvalue weighted by Gasteiger charge is -2.19. The van der Waals surface area contributed by atoms with Crippen molar-refractivity contribution in [1.82, 2.24) is 10.2 Å². The second-order valence-corrected chi connectivity index (χ2v) is 8.58. The molecule has 0 fully saturated rings. The summed E-state index contributed by atoms with van der Waals surface area (Å²) < 4.78 is 25.0. The first kappa shape index (κ1) is 24.7. The minimum atomic E-state index is -0.533. The number of aromatic amines is 1. The zero-order valence-corrected chi connectivity index (χ0v) is 20.8. The first-order chi connectivity index (χ1) is 18.6. The van der Waals surface area contributed by atoms with Crippen LogP contribution < -0.4 is 9.47 Å². The molecule has 0 unspecified atom stereocenters. The van der Waals surface area contributed by atoms with Gasteiger partial charge in [0.2, 0.25) is 0 Å². The highest BCUT2D eigenvalue weighted by Crippen LogP contribution is 2.40. The van der Waals surface area contributed by atoms with E-state index < -0.39 is 5.97 Å². The highest BCUT2D eigenvalue weighted by atomic mass is 19.1. The van der Waals surface area contributed by atoms with Crippen LogP contribution in [0.3, 0.4) is 0 Å². The zero-order chi connectivity index (χ0) is 26.5. The van der Waals surface area contributed by atoms with Gasteiger partial charge in [-0.25, -0.2) is 9.18 Å². The Hall–Kier alpha value is -4.97. The van der Waals surface area contributed by atoms with E-state index in [-0.39, 0.29) is 5.82 Å². The maximum Gasteiger partial charge on any atom is 0.335 e. The lowest BCUT2D eigenvalue weighted by Crippen LogP contribution is -2.06. The van der Waals surface area contributed by atoms with Gasteiger partial charge in [0, 0.05) is 17.0 Å². The summed E-state index contributed by atoms with van der Waals surface area (Å²) in [5.41, 5.74) is 5.53. The third-order valence-corrected chi connectivity index (χ3v) is 6.15. The monoisotopic (exact) mass is 504 g/mol. The number of esters is 1. The SMILES string of the molecule is C=CC(=O)Oc1ccccc1/C(=C(\CC)c1cccc(Oc2ccc(F)cc2)c1)c1ccc2[nH]ncc2c1. The van der Waals surface area contributed by atoms with Crippen LogP contribution in [0, 0.1) is 5.82 Å². The first-order valence-corrected chi connectivity index (χ1v) is 12.2. The minimum absolute atomic E-state index is 0.322. The number of allylic oxidation sites excluding steroid dienone is 1. The van der Waals surface area contributed by atoms with Crippen LogP contribution in [0.4, 0.5) is 4.39 Å². The fraction of sp³-hybridized carbons (Fsp3) is 0.0625. The molecule has 1 N–H and O–H groups in total. The molecule has 0 atom stereocenters. The number of rotatable bonds is 8. The number of carbonyl (C=O) groups excluding carboxylic acids is 1. The molecule has 0 radical (unpaired) electrons. The van der Waals surface area contributed by atoms with E-state index in [0.717, 1.165) is 44.8 Å². The molecule has 0 aliphatic carbocycles. The van der Waals surface area contributed by atoms with E-state index >= 15 is 0 Å². The van der Waals surface area contributed by atoms with Crippen LogP contribution in [0.25, 0.3) is 22.0 Å². The van der Waals surface area contributed by atoms with Crippen LogP contribution in [-0.2, 0) is 4.79 Å². The number of H-pyrrole nitrogens is 1. The fourth-order valence-electron chi connectivity index (χ4n) is 4.41. The summed E-state index contributed by atoms with van der Waals surface area (Å²) in [5.74, 6) is 0.741. The van der Waals surface area contributed by atoms with Gasteiger partial charge < -0.3 is 9.47 Å². The number of nitrogens with zero attached hydrogens (tertiary/aromatic N) is 1. The van der Waals surface area contributed by atoms with Gasteiger partial charge in [0.15, 0.2) is 0 Å². The van der Waals surface area contributed by atoms with Crippen LogP contribution in [0.15, 0.2) is 110 Å². The van der Waals surface area contributed by atoms with Crippen molar-refractivity contribution in [2.24, 2.45) is 0 Å². The molecule has 38 heavy (non-hydrogen) atoms. The van der Waals surface area contributed by atoms with Crippen molar-refractivity contribution in [1.29, 1.82) is 0 Å². The first-order valence-electron chi connectivity index (χ1n) is 12.2.